The molecular formula is C16H13BrClN3O5. The molecule has 0 aromatic heterocycles. The van der Waals surface area contributed by atoms with E-state index in [-0.39, 0.29) is 22.2 Å². The van der Waals surface area contributed by atoms with Crippen LogP contribution >= 0.6 is 27.5 Å². The topological polar surface area (TPSA) is 114 Å². The van der Waals surface area contributed by atoms with E-state index in [2.05, 4.69) is 26.5 Å². The normalized spacial score (nSPS) is 10.7. The van der Waals surface area contributed by atoms with E-state index in [1.807, 2.05) is 0 Å². The highest BCUT2D eigenvalue weighted by molar-refractivity contribution is 9.10. The summed E-state index contributed by atoms with van der Waals surface area (Å²) in [4.78, 5) is 22.2. The number of nitro groups is 1. The summed E-state index contributed by atoms with van der Waals surface area (Å²) in [6.45, 7) is 1.24. The molecule has 2 aromatic rings. The maximum Gasteiger partial charge on any atom is 0.311 e. The number of aryl methyl sites for hydroxylation is 1. The molecule has 1 amide bonds. The van der Waals surface area contributed by atoms with Crippen molar-refractivity contribution >= 4 is 45.3 Å². The van der Waals surface area contributed by atoms with E-state index >= 15 is 0 Å². The van der Waals surface area contributed by atoms with Gasteiger partial charge in [-0.1, -0.05) is 33.6 Å². The number of carbonyl (C=O) groups excluding carboxylic acids is 1. The molecule has 2 aromatic carbocycles. The van der Waals surface area contributed by atoms with Gasteiger partial charge in [0, 0.05) is 16.1 Å². The van der Waals surface area contributed by atoms with Crippen molar-refractivity contribution in [3.63, 3.8) is 0 Å². The fourth-order valence-corrected chi connectivity index (χ4v) is 2.76. The largest absolute Gasteiger partial charge is 0.506 e. The smallest absolute Gasteiger partial charge is 0.311 e. The molecule has 10 heteroatoms. The first-order valence-electron chi connectivity index (χ1n) is 7.15. The summed E-state index contributed by atoms with van der Waals surface area (Å²) < 4.78 is 5.80. The first-order valence-corrected chi connectivity index (χ1v) is 8.32. The lowest BCUT2D eigenvalue weighted by molar-refractivity contribution is -0.385. The van der Waals surface area contributed by atoms with Gasteiger partial charge in [0.2, 0.25) is 0 Å². The molecule has 0 bridgehead atoms. The maximum atomic E-state index is 11.8. The van der Waals surface area contributed by atoms with Gasteiger partial charge in [-0.05, 0) is 30.7 Å². The third-order valence-electron chi connectivity index (χ3n) is 3.12. The van der Waals surface area contributed by atoms with Crippen LogP contribution in [0.15, 0.2) is 39.9 Å². The van der Waals surface area contributed by atoms with Crippen LogP contribution in [0, 0.1) is 17.0 Å². The minimum Gasteiger partial charge on any atom is -0.506 e. The summed E-state index contributed by atoms with van der Waals surface area (Å²) >= 11 is 9.05. The number of phenolic OH excluding ortho intramolecular Hbond substituents is 1. The second kappa shape index (κ2) is 8.63. The summed E-state index contributed by atoms with van der Waals surface area (Å²) in [7, 11) is 0. The lowest BCUT2D eigenvalue weighted by Gasteiger charge is -2.06. The van der Waals surface area contributed by atoms with Crippen LogP contribution in [0.25, 0.3) is 0 Å². The molecule has 0 aliphatic heterocycles. The quantitative estimate of drug-likeness (QED) is 0.403. The Morgan fingerprint density at radius 1 is 1.46 bits per heavy atom. The first-order chi connectivity index (χ1) is 12.3. The Morgan fingerprint density at radius 3 is 2.88 bits per heavy atom. The van der Waals surface area contributed by atoms with Crippen molar-refractivity contribution in [2.45, 2.75) is 6.92 Å². The van der Waals surface area contributed by atoms with Gasteiger partial charge in [0.25, 0.3) is 5.91 Å². The zero-order valence-electron chi connectivity index (χ0n) is 13.4. The average molecular weight is 443 g/mol. The Kier molecular flexibility index (Phi) is 6.53. The molecule has 2 rings (SSSR count). The molecule has 0 unspecified atom stereocenters. The number of hydrogen-bond donors (Lipinski definition) is 2. The lowest BCUT2D eigenvalue weighted by Crippen LogP contribution is -2.24. The summed E-state index contributed by atoms with van der Waals surface area (Å²) in [5.41, 5.74) is 2.96. The lowest BCUT2D eigenvalue weighted by atomic mass is 10.2. The zero-order chi connectivity index (χ0) is 19.3. The monoisotopic (exact) mass is 441 g/mol. The van der Waals surface area contributed by atoms with E-state index in [0.29, 0.717) is 15.6 Å². The Morgan fingerprint density at radius 2 is 2.19 bits per heavy atom. The van der Waals surface area contributed by atoms with Gasteiger partial charge < -0.3 is 9.84 Å². The number of nitrogens with one attached hydrogen (secondary N) is 1. The number of amides is 1. The van der Waals surface area contributed by atoms with E-state index in [1.54, 1.807) is 19.1 Å². The van der Waals surface area contributed by atoms with Gasteiger partial charge >= 0.3 is 5.69 Å². The van der Waals surface area contributed by atoms with E-state index < -0.39 is 17.4 Å². The number of phenols is 1. The minimum absolute atomic E-state index is 0.0175. The maximum absolute atomic E-state index is 11.8. The molecule has 0 fully saturated rings. The number of aromatic hydroxyl groups is 1. The second-order valence-electron chi connectivity index (χ2n) is 5.14. The van der Waals surface area contributed by atoms with Crippen molar-refractivity contribution in [1.82, 2.24) is 5.43 Å². The minimum atomic E-state index is -0.628. The number of hydrazone groups is 1. The van der Waals surface area contributed by atoms with E-state index in [0.717, 1.165) is 0 Å². The number of nitro benzene ring substituents is 1. The molecule has 2 N–H and O–H groups in total. The van der Waals surface area contributed by atoms with Crippen LogP contribution in [0.3, 0.4) is 0 Å². The van der Waals surface area contributed by atoms with Gasteiger partial charge in [0.1, 0.15) is 5.75 Å². The summed E-state index contributed by atoms with van der Waals surface area (Å²) in [6, 6.07) is 7.48. The van der Waals surface area contributed by atoms with Crippen molar-refractivity contribution in [3.8, 4) is 11.5 Å². The third kappa shape index (κ3) is 5.17. The number of halogens is 2. The van der Waals surface area contributed by atoms with Gasteiger partial charge in [0.15, 0.2) is 12.4 Å². The molecule has 0 saturated carbocycles. The molecular weight excluding hydrogens is 430 g/mol. The van der Waals surface area contributed by atoms with Crippen LogP contribution in [0.2, 0.25) is 5.02 Å². The molecule has 136 valence electrons. The predicted octanol–water partition coefficient (Wildman–Crippen LogP) is 3.55. The van der Waals surface area contributed by atoms with E-state index in [9.17, 15) is 20.0 Å². The van der Waals surface area contributed by atoms with Crippen molar-refractivity contribution in [2.75, 3.05) is 6.61 Å². The third-order valence-corrected chi connectivity index (χ3v) is 3.87. The van der Waals surface area contributed by atoms with Crippen LogP contribution in [-0.2, 0) is 4.79 Å². The van der Waals surface area contributed by atoms with Crippen LogP contribution in [-0.4, -0.2) is 28.8 Å². The molecule has 0 aliphatic rings. The number of hydrogen-bond acceptors (Lipinski definition) is 6. The van der Waals surface area contributed by atoms with E-state index in [1.165, 1.54) is 24.4 Å². The van der Waals surface area contributed by atoms with E-state index in [4.69, 9.17) is 16.3 Å². The Balaban J connectivity index is 1.97. The molecule has 0 atom stereocenters. The van der Waals surface area contributed by atoms with Crippen molar-refractivity contribution in [3.05, 3.63) is 61.1 Å². The molecule has 8 nitrogen and oxygen atoms in total. The van der Waals surface area contributed by atoms with Gasteiger partial charge in [-0.25, -0.2) is 5.43 Å². The highest BCUT2D eigenvalue weighted by atomic mass is 79.9. The number of benzene rings is 2. The molecule has 0 spiro atoms. The Bertz CT molecular complexity index is 888. The summed E-state index contributed by atoms with van der Waals surface area (Å²) in [5.74, 6) is -0.827. The SMILES string of the molecule is Cc1ccc(OCC(=O)N/N=C/c2cc(Br)cc(Cl)c2O)c([N+](=O)[O-])c1. The number of ether oxygens (including phenoxy) is 1. The van der Waals surface area contributed by atoms with Crippen molar-refractivity contribution in [2.24, 2.45) is 5.10 Å². The number of nitrogens with zero attached hydrogens (tertiary/aromatic N) is 2. The Hall–Kier alpha value is -2.65. The second-order valence-corrected chi connectivity index (χ2v) is 6.46. The number of rotatable bonds is 6. The highest BCUT2D eigenvalue weighted by Gasteiger charge is 2.16. The Labute approximate surface area is 161 Å². The molecule has 0 aliphatic carbocycles. The van der Waals surface area contributed by atoms with Crippen LogP contribution in [0.5, 0.6) is 11.5 Å². The van der Waals surface area contributed by atoms with Gasteiger partial charge in [-0.2, -0.15) is 5.10 Å². The van der Waals surface area contributed by atoms with Gasteiger partial charge in [-0.15, -0.1) is 0 Å². The fourth-order valence-electron chi connectivity index (χ4n) is 1.93. The fraction of sp³-hybridized carbons (Fsp3) is 0.125. The standard InChI is InChI=1S/C16H13BrClN3O5/c1-9-2-3-14(13(4-9)21(24)25)26-8-15(22)20-19-7-10-5-11(17)6-12(18)16(10)23/h2-7,23H,8H2,1H3,(H,20,22)/b19-7+. The summed E-state index contributed by atoms with van der Waals surface area (Å²) in [6.07, 6.45) is 1.21. The highest BCUT2D eigenvalue weighted by Crippen LogP contribution is 2.30. The summed E-state index contributed by atoms with van der Waals surface area (Å²) in [5, 5.41) is 24.6. The zero-order valence-corrected chi connectivity index (χ0v) is 15.7. The average Bonchev–Trinajstić information content (AvgIpc) is 2.57. The molecule has 0 saturated heterocycles. The van der Waals surface area contributed by atoms with Gasteiger partial charge in [0.05, 0.1) is 16.2 Å². The van der Waals surface area contributed by atoms with Crippen molar-refractivity contribution < 1.29 is 19.6 Å². The molecule has 26 heavy (non-hydrogen) atoms. The van der Waals surface area contributed by atoms with Crippen molar-refractivity contribution in [1.29, 1.82) is 0 Å². The van der Waals surface area contributed by atoms with Crippen LogP contribution < -0.4 is 10.2 Å². The van der Waals surface area contributed by atoms with Gasteiger partial charge in [-0.3, -0.25) is 14.9 Å². The molecule has 0 heterocycles. The first kappa shape index (κ1) is 19.7. The molecule has 0 radical (unpaired) electrons. The number of carbonyl (C=O) groups is 1. The predicted molar refractivity (Wildman–Crippen MR) is 99.9 cm³/mol. The van der Waals surface area contributed by atoms with Crippen LogP contribution in [0.1, 0.15) is 11.1 Å². The van der Waals surface area contributed by atoms with Crippen LogP contribution in [0.4, 0.5) is 5.69 Å².